The second-order valence-corrected chi connectivity index (χ2v) is 15.0. The smallest absolute Gasteiger partial charge is 0.260 e. The molecule has 0 bridgehead atoms. The number of phenolic OH excluding ortho intramolecular Hbond substituents is 1. The van der Waals surface area contributed by atoms with Gasteiger partial charge in [-0.15, -0.1) is 0 Å². The molecule has 9 nitrogen and oxygen atoms in total. The fourth-order valence-corrected chi connectivity index (χ4v) is 9.69. The number of hydrogen-bond acceptors (Lipinski definition) is 7. The maximum Gasteiger partial charge on any atom is 0.260 e. The van der Waals surface area contributed by atoms with Crippen LogP contribution in [0.3, 0.4) is 0 Å². The van der Waals surface area contributed by atoms with Crippen LogP contribution in [0.2, 0.25) is 15.1 Å². The fraction of sp³-hybridized carbons (Fsp3) is 0.220. The predicted octanol–water partition coefficient (Wildman–Crippen LogP) is 8.19. The van der Waals surface area contributed by atoms with Crippen molar-refractivity contribution in [3.8, 4) is 11.5 Å². The number of halogens is 3. The number of fused-ring (bicyclic) bond motifs is 4. The Bertz CT molecular complexity index is 2260. The van der Waals surface area contributed by atoms with Gasteiger partial charge in [0, 0.05) is 16.0 Å². The summed E-state index contributed by atoms with van der Waals surface area (Å²) in [5.41, 5.74) is 4.71. The number of nitrogens with one attached hydrogen (secondary N) is 1. The van der Waals surface area contributed by atoms with Crippen molar-refractivity contribution in [2.75, 3.05) is 17.4 Å². The SMILES string of the molecule is C=Cc1ccc(N2C(=O)C3CC=C4C(CC5C(=O)N(Nc6ccc(Cl)cc6Cl)C(=O)C5(c5ccc(OC)cc5)C4c4ccc(O)cc4Cl)C3C2=O)cc1. The van der Waals surface area contributed by atoms with E-state index >= 15 is 4.79 Å². The maximum absolute atomic E-state index is 15.4. The molecule has 6 atom stereocenters. The van der Waals surface area contributed by atoms with Crippen LogP contribution in [0.4, 0.5) is 11.4 Å². The van der Waals surface area contributed by atoms with Crippen LogP contribution in [-0.2, 0) is 24.6 Å². The highest BCUT2D eigenvalue weighted by atomic mass is 35.5. The lowest BCUT2D eigenvalue weighted by molar-refractivity contribution is -0.138. The minimum Gasteiger partial charge on any atom is -0.508 e. The molecule has 268 valence electrons. The van der Waals surface area contributed by atoms with Crippen LogP contribution in [-0.4, -0.2) is 40.9 Å². The van der Waals surface area contributed by atoms with Crippen LogP contribution in [0.25, 0.3) is 6.08 Å². The first-order valence-corrected chi connectivity index (χ1v) is 18.2. The van der Waals surface area contributed by atoms with Gasteiger partial charge in [-0.2, -0.15) is 5.01 Å². The number of carbonyl (C=O) groups is 4. The number of carbonyl (C=O) groups excluding carboxylic acids is 4. The van der Waals surface area contributed by atoms with Crippen LogP contribution in [0.5, 0.6) is 11.5 Å². The second-order valence-electron chi connectivity index (χ2n) is 13.7. The van der Waals surface area contributed by atoms with Gasteiger partial charge >= 0.3 is 0 Å². The maximum atomic E-state index is 15.4. The van der Waals surface area contributed by atoms with E-state index in [9.17, 15) is 19.5 Å². The molecule has 0 aromatic heterocycles. The van der Waals surface area contributed by atoms with Gasteiger partial charge in [-0.3, -0.25) is 29.5 Å². The molecule has 53 heavy (non-hydrogen) atoms. The van der Waals surface area contributed by atoms with Crippen molar-refractivity contribution in [2.45, 2.75) is 24.2 Å². The van der Waals surface area contributed by atoms with E-state index in [4.69, 9.17) is 39.5 Å². The van der Waals surface area contributed by atoms with Crippen molar-refractivity contribution >= 4 is 75.9 Å². The fourth-order valence-electron chi connectivity index (χ4n) is 8.95. The summed E-state index contributed by atoms with van der Waals surface area (Å²) < 4.78 is 5.46. The van der Waals surface area contributed by atoms with Crippen molar-refractivity contribution in [2.24, 2.45) is 23.7 Å². The number of ether oxygens (including phenoxy) is 1. The number of phenols is 1. The Labute approximate surface area is 320 Å². The number of methoxy groups -OCH3 is 1. The molecule has 2 N–H and O–H groups in total. The second kappa shape index (κ2) is 13.1. The lowest BCUT2D eigenvalue weighted by atomic mass is 9.49. The van der Waals surface area contributed by atoms with E-state index in [1.807, 2.05) is 6.08 Å². The third-order valence-corrected chi connectivity index (χ3v) is 12.1. The van der Waals surface area contributed by atoms with Gasteiger partial charge in [0.1, 0.15) is 11.5 Å². The number of rotatable bonds is 7. The number of benzene rings is 4. The molecule has 4 aromatic rings. The average Bonchev–Trinajstić information content (AvgIpc) is 3.53. The van der Waals surface area contributed by atoms with E-state index in [1.165, 1.54) is 30.2 Å². The normalized spacial score (nSPS) is 26.2. The Kier molecular flexibility index (Phi) is 8.64. The highest BCUT2D eigenvalue weighted by Crippen LogP contribution is 2.65. The van der Waals surface area contributed by atoms with Crippen molar-refractivity contribution in [3.05, 3.63) is 135 Å². The summed E-state index contributed by atoms with van der Waals surface area (Å²) in [6.45, 7) is 3.79. The number of anilines is 2. The first-order valence-electron chi connectivity index (χ1n) is 17.0. The molecule has 3 fully saturated rings. The van der Waals surface area contributed by atoms with Crippen LogP contribution >= 0.6 is 34.8 Å². The first kappa shape index (κ1) is 35.0. The lowest BCUT2D eigenvalue weighted by Gasteiger charge is -2.50. The predicted molar refractivity (Wildman–Crippen MR) is 203 cm³/mol. The van der Waals surface area contributed by atoms with Crippen LogP contribution in [0, 0.1) is 23.7 Å². The molecule has 4 aromatic carbocycles. The van der Waals surface area contributed by atoms with E-state index in [-0.39, 0.29) is 46.1 Å². The molecule has 4 aliphatic rings. The zero-order valence-electron chi connectivity index (χ0n) is 28.3. The topological polar surface area (TPSA) is 116 Å². The quantitative estimate of drug-likeness (QED) is 0.144. The van der Waals surface area contributed by atoms with Crippen molar-refractivity contribution in [1.82, 2.24) is 5.01 Å². The Balaban J connectivity index is 1.32. The van der Waals surface area contributed by atoms with Gasteiger partial charge in [-0.1, -0.05) is 89.4 Å². The van der Waals surface area contributed by atoms with Crippen LogP contribution in [0.1, 0.15) is 35.4 Å². The Morgan fingerprint density at radius 3 is 2.26 bits per heavy atom. The molecule has 2 saturated heterocycles. The number of hydrazine groups is 1. The molecule has 2 aliphatic heterocycles. The van der Waals surface area contributed by atoms with Crippen molar-refractivity contribution < 1.29 is 29.0 Å². The van der Waals surface area contributed by atoms with Gasteiger partial charge < -0.3 is 9.84 Å². The number of hydrogen-bond donors (Lipinski definition) is 2. The van der Waals surface area contributed by atoms with Gasteiger partial charge in [-0.25, -0.2) is 0 Å². The van der Waals surface area contributed by atoms with E-state index in [0.717, 1.165) is 16.1 Å². The van der Waals surface area contributed by atoms with Gasteiger partial charge in [0.05, 0.1) is 46.7 Å². The van der Waals surface area contributed by atoms with Crippen LogP contribution in [0.15, 0.2) is 103 Å². The Morgan fingerprint density at radius 2 is 1.60 bits per heavy atom. The standard InChI is InChI=1S/C41H32Cl3N3O6/c1-3-21-4-9-24(10-5-21)46-37(49)29-16-15-27-30(35(29)39(46)51)20-31-38(50)47(45-34-17-8-23(42)18-33(34)44)40(52)41(31,22-6-12-26(53-2)13-7-22)36(27)28-14-11-25(48)19-32(28)43/h3-15,17-19,29-31,35-36,45,48H,1,16,20H2,2H3. The zero-order chi connectivity index (χ0) is 37.3. The van der Waals surface area contributed by atoms with E-state index in [2.05, 4.69) is 12.0 Å². The number of allylic oxidation sites excluding steroid dienone is 2. The third-order valence-electron chi connectivity index (χ3n) is 11.3. The summed E-state index contributed by atoms with van der Waals surface area (Å²) >= 11 is 19.7. The molecule has 2 aliphatic carbocycles. The minimum absolute atomic E-state index is 0.0805. The number of imide groups is 2. The van der Waals surface area contributed by atoms with Gasteiger partial charge in [0.25, 0.3) is 11.8 Å². The van der Waals surface area contributed by atoms with E-state index < -0.39 is 46.8 Å². The molecular formula is C41H32Cl3N3O6. The lowest BCUT2D eigenvalue weighted by Crippen LogP contribution is -2.53. The van der Waals surface area contributed by atoms with E-state index in [0.29, 0.717) is 27.6 Å². The zero-order valence-corrected chi connectivity index (χ0v) is 30.5. The summed E-state index contributed by atoms with van der Waals surface area (Å²) in [6, 6.07) is 23.2. The summed E-state index contributed by atoms with van der Waals surface area (Å²) in [4.78, 5) is 60.1. The highest BCUT2D eigenvalue weighted by Gasteiger charge is 2.70. The van der Waals surface area contributed by atoms with Gasteiger partial charge in [0.2, 0.25) is 11.8 Å². The summed E-state index contributed by atoms with van der Waals surface area (Å²) in [5, 5.41) is 12.2. The monoisotopic (exact) mass is 767 g/mol. The summed E-state index contributed by atoms with van der Waals surface area (Å²) in [5.74, 6) is -5.31. The molecule has 6 unspecified atom stereocenters. The molecule has 0 radical (unpaired) electrons. The number of amides is 4. The number of aromatic hydroxyl groups is 1. The van der Waals surface area contributed by atoms with Crippen LogP contribution < -0.4 is 15.1 Å². The highest BCUT2D eigenvalue weighted by molar-refractivity contribution is 6.36. The van der Waals surface area contributed by atoms with E-state index in [1.54, 1.807) is 72.8 Å². The van der Waals surface area contributed by atoms with Gasteiger partial charge in [-0.05, 0) is 90.0 Å². The molecular weight excluding hydrogens is 737 g/mol. The first-order chi connectivity index (χ1) is 25.5. The molecule has 12 heteroatoms. The molecule has 0 spiro atoms. The Morgan fingerprint density at radius 1 is 0.868 bits per heavy atom. The van der Waals surface area contributed by atoms with Gasteiger partial charge in [0.15, 0.2) is 0 Å². The number of nitrogens with zero attached hydrogens (tertiary/aromatic N) is 2. The van der Waals surface area contributed by atoms with Crippen molar-refractivity contribution in [3.63, 3.8) is 0 Å². The minimum atomic E-state index is -1.59. The molecule has 4 amide bonds. The molecule has 2 heterocycles. The third kappa shape index (κ3) is 5.28. The molecule has 1 saturated carbocycles. The molecule has 8 rings (SSSR count). The summed E-state index contributed by atoms with van der Waals surface area (Å²) in [6.07, 6.45) is 3.95. The summed E-state index contributed by atoms with van der Waals surface area (Å²) in [7, 11) is 1.53. The largest absolute Gasteiger partial charge is 0.508 e. The van der Waals surface area contributed by atoms with Crippen molar-refractivity contribution in [1.29, 1.82) is 0 Å². The average molecular weight is 769 g/mol. The Hall–Kier alpha value is -5.09.